The lowest BCUT2D eigenvalue weighted by Gasteiger charge is -2.15. The summed E-state index contributed by atoms with van der Waals surface area (Å²) in [5.41, 5.74) is 1.25. The first-order valence-corrected chi connectivity index (χ1v) is 11.6. The number of thiol groups is 1. The molecule has 0 aliphatic rings. The zero-order valence-corrected chi connectivity index (χ0v) is 19.9. The van der Waals surface area contributed by atoms with Crippen LogP contribution in [0.1, 0.15) is 28.9 Å². The molecule has 2 heterocycles. The molecule has 0 bridgehead atoms. The maximum absolute atomic E-state index is 13.3. The number of rotatable bonds is 9. The standard InChI is InChI=1S/C20H19FIN3O6S/c1-23-19(28)17-13-9-14(22)15(10-25(32(29)30)8-2-3-16(26)27)24-20(13)31-18(17)11-4-6-12(21)7-5-11/h4-7,9,32H,2-3,8,10H2,1H3,(H,23,28)(H,26,27). The third-order valence-corrected chi connectivity index (χ3v) is 6.38. The number of furan rings is 1. The topological polar surface area (TPSA) is 130 Å². The number of hydrogen-bond donors (Lipinski definition) is 3. The Labute approximate surface area is 197 Å². The van der Waals surface area contributed by atoms with Crippen LogP contribution in [0.15, 0.2) is 34.7 Å². The SMILES string of the molecule is CNC(=O)c1c(-c2ccc(F)cc2)oc2nc(CN(CCCC(=O)O)[SH](=O)=O)c(I)cc12. The van der Waals surface area contributed by atoms with Gasteiger partial charge in [0, 0.05) is 29.1 Å². The van der Waals surface area contributed by atoms with Gasteiger partial charge in [0.1, 0.15) is 11.6 Å². The molecule has 3 aromatic rings. The molecule has 32 heavy (non-hydrogen) atoms. The van der Waals surface area contributed by atoms with E-state index in [1.807, 2.05) is 22.6 Å². The van der Waals surface area contributed by atoms with Crippen LogP contribution in [0.5, 0.6) is 0 Å². The van der Waals surface area contributed by atoms with E-state index in [0.29, 0.717) is 20.2 Å². The van der Waals surface area contributed by atoms with Crippen LogP contribution in [-0.4, -0.2) is 48.3 Å². The van der Waals surface area contributed by atoms with Crippen molar-refractivity contribution in [1.82, 2.24) is 14.6 Å². The average Bonchev–Trinajstić information content (AvgIpc) is 3.10. The second kappa shape index (κ2) is 10.4. The number of carboxylic acid groups (broad SMARTS) is 1. The number of carbonyl (C=O) groups is 2. The average molecular weight is 575 g/mol. The van der Waals surface area contributed by atoms with E-state index in [1.54, 1.807) is 6.07 Å². The van der Waals surface area contributed by atoms with Gasteiger partial charge in [-0.1, -0.05) is 0 Å². The Morgan fingerprint density at radius 1 is 1.28 bits per heavy atom. The molecular formula is C20H19FIN3O6S. The largest absolute Gasteiger partial charge is 0.481 e. The van der Waals surface area contributed by atoms with Gasteiger partial charge in [0.05, 0.1) is 23.2 Å². The number of carbonyl (C=O) groups excluding carboxylic acids is 1. The zero-order valence-electron chi connectivity index (χ0n) is 16.8. The summed E-state index contributed by atoms with van der Waals surface area (Å²) in [6.07, 6.45) is 0.00564. The molecule has 0 aliphatic heterocycles. The van der Waals surface area contributed by atoms with Gasteiger partial charge >= 0.3 is 5.97 Å². The molecule has 9 nitrogen and oxygen atoms in total. The first-order chi connectivity index (χ1) is 15.2. The van der Waals surface area contributed by atoms with Crippen LogP contribution in [-0.2, 0) is 22.2 Å². The molecule has 0 radical (unpaired) electrons. The van der Waals surface area contributed by atoms with Crippen LogP contribution in [0.3, 0.4) is 0 Å². The predicted molar refractivity (Wildman–Crippen MR) is 123 cm³/mol. The number of fused-ring (bicyclic) bond motifs is 1. The zero-order chi connectivity index (χ0) is 23.4. The van der Waals surface area contributed by atoms with Crippen molar-refractivity contribution >= 4 is 56.5 Å². The number of halogens is 2. The van der Waals surface area contributed by atoms with Crippen LogP contribution >= 0.6 is 22.6 Å². The molecule has 1 aromatic carbocycles. The van der Waals surface area contributed by atoms with Gasteiger partial charge in [-0.2, -0.15) is 4.31 Å². The number of carboxylic acids is 1. The predicted octanol–water partition coefficient (Wildman–Crippen LogP) is 2.79. The lowest BCUT2D eigenvalue weighted by molar-refractivity contribution is -0.137. The Kier molecular flexibility index (Phi) is 7.79. The van der Waals surface area contributed by atoms with Gasteiger partial charge in [0.25, 0.3) is 5.91 Å². The number of hydrogen-bond acceptors (Lipinski definition) is 6. The molecule has 3 rings (SSSR count). The minimum absolute atomic E-state index is 0.0310. The van der Waals surface area contributed by atoms with Crippen LogP contribution in [0.25, 0.3) is 22.4 Å². The smallest absolute Gasteiger partial charge is 0.303 e. The Morgan fingerprint density at radius 2 is 1.97 bits per heavy atom. The summed E-state index contributed by atoms with van der Waals surface area (Å²) < 4.78 is 44.2. The van der Waals surface area contributed by atoms with E-state index in [-0.39, 0.29) is 43.0 Å². The van der Waals surface area contributed by atoms with Crippen molar-refractivity contribution < 1.29 is 31.9 Å². The maximum Gasteiger partial charge on any atom is 0.303 e. The van der Waals surface area contributed by atoms with Crippen molar-refractivity contribution in [2.24, 2.45) is 0 Å². The summed E-state index contributed by atoms with van der Waals surface area (Å²) in [6.45, 7) is -0.0439. The van der Waals surface area contributed by atoms with Crippen LogP contribution in [0.4, 0.5) is 4.39 Å². The second-order valence-corrected chi connectivity index (χ2v) is 8.99. The van der Waals surface area contributed by atoms with Gasteiger partial charge in [-0.25, -0.2) is 17.8 Å². The first-order valence-electron chi connectivity index (χ1n) is 9.42. The lowest BCUT2D eigenvalue weighted by atomic mass is 10.1. The summed E-state index contributed by atoms with van der Waals surface area (Å²) in [7, 11) is -1.49. The highest BCUT2D eigenvalue weighted by Gasteiger charge is 2.24. The highest BCUT2D eigenvalue weighted by molar-refractivity contribution is 14.1. The molecule has 0 saturated carbocycles. The number of aromatic nitrogens is 1. The molecule has 2 N–H and O–H groups in total. The monoisotopic (exact) mass is 575 g/mol. The highest BCUT2D eigenvalue weighted by Crippen LogP contribution is 2.34. The summed E-state index contributed by atoms with van der Waals surface area (Å²) in [5, 5.41) is 11.8. The maximum atomic E-state index is 13.3. The number of nitrogens with zero attached hydrogens (tertiary/aromatic N) is 2. The first kappa shape index (κ1) is 24.1. The number of benzene rings is 1. The molecular weight excluding hydrogens is 556 g/mol. The Morgan fingerprint density at radius 3 is 2.56 bits per heavy atom. The van der Waals surface area contributed by atoms with Crippen molar-refractivity contribution in [3.05, 3.63) is 51.0 Å². The fourth-order valence-electron chi connectivity index (χ4n) is 3.10. The molecule has 2 aromatic heterocycles. The van der Waals surface area contributed by atoms with E-state index >= 15 is 0 Å². The summed E-state index contributed by atoms with van der Waals surface area (Å²) in [6, 6.07) is 7.14. The summed E-state index contributed by atoms with van der Waals surface area (Å²) in [4.78, 5) is 27.7. The fraction of sp³-hybridized carbons (Fsp3) is 0.250. The third-order valence-electron chi connectivity index (χ3n) is 4.64. The number of nitrogens with one attached hydrogen (secondary N) is 1. The molecule has 0 atom stereocenters. The van der Waals surface area contributed by atoms with E-state index in [9.17, 15) is 22.4 Å². The quantitative estimate of drug-likeness (QED) is 0.264. The van der Waals surface area contributed by atoms with Crippen molar-refractivity contribution in [3.63, 3.8) is 0 Å². The Hall–Kier alpha value is -2.58. The molecule has 0 saturated heterocycles. The van der Waals surface area contributed by atoms with E-state index in [2.05, 4.69) is 10.3 Å². The van der Waals surface area contributed by atoms with Gasteiger partial charge in [-0.15, -0.1) is 0 Å². The van der Waals surface area contributed by atoms with Crippen LogP contribution in [0, 0.1) is 9.39 Å². The molecule has 1 amide bonds. The molecule has 0 fully saturated rings. The Bertz CT molecular complexity index is 1230. The van der Waals surface area contributed by atoms with Gasteiger partial charge < -0.3 is 14.8 Å². The van der Waals surface area contributed by atoms with E-state index < -0.39 is 28.6 Å². The Balaban J connectivity index is 2.04. The van der Waals surface area contributed by atoms with E-state index in [1.165, 1.54) is 31.3 Å². The molecule has 12 heteroatoms. The van der Waals surface area contributed by atoms with Crippen molar-refractivity contribution in [3.8, 4) is 11.3 Å². The lowest BCUT2D eigenvalue weighted by Crippen LogP contribution is -2.24. The summed E-state index contributed by atoms with van der Waals surface area (Å²) >= 11 is 1.99. The van der Waals surface area contributed by atoms with Gasteiger partial charge in [0.2, 0.25) is 16.6 Å². The van der Waals surface area contributed by atoms with Gasteiger partial charge in [-0.05, 0) is 59.3 Å². The van der Waals surface area contributed by atoms with Gasteiger partial charge in [-0.3, -0.25) is 9.59 Å². The highest BCUT2D eigenvalue weighted by atomic mass is 127. The van der Waals surface area contributed by atoms with Crippen LogP contribution < -0.4 is 5.32 Å². The van der Waals surface area contributed by atoms with Crippen molar-refractivity contribution in [2.75, 3.05) is 13.6 Å². The van der Waals surface area contributed by atoms with Crippen molar-refractivity contribution in [1.29, 1.82) is 0 Å². The number of pyridine rings is 1. The van der Waals surface area contributed by atoms with Crippen LogP contribution in [0.2, 0.25) is 0 Å². The van der Waals surface area contributed by atoms with Gasteiger partial charge in [0.15, 0.2) is 0 Å². The number of amides is 1. The van der Waals surface area contributed by atoms with Crippen molar-refractivity contribution in [2.45, 2.75) is 19.4 Å². The fourth-order valence-corrected chi connectivity index (χ4v) is 4.26. The molecule has 0 spiro atoms. The minimum atomic E-state index is -2.96. The minimum Gasteiger partial charge on any atom is -0.481 e. The van der Waals surface area contributed by atoms with E-state index in [0.717, 1.165) is 4.31 Å². The van der Waals surface area contributed by atoms with E-state index in [4.69, 9.17) is 9.52 Å². The number of aliphatic carboxylic acids is 1. The normalized spacial score (nSPS) is 11.4. The molecule has 0 unspecified atom stereocenters. The summed E-state index contributed by atoms with van der Waals surface area (Å²) in [5.74, 6) is -1.64. The molecule has 170 valence electrons. The third kappa shape index (κ3) is 5.42. The molecule has 0 aliphatic carbocycles. The second-order valence-electron chi connectivity index (χ2n) is 6.79.